The molecule has 1 aliphatic rings. The van der Waals surface area contributed by atoms with Crippen LogP contribution in [0.5, 0.6) is 0 Å². The van der Waals surface area contributed by atoms with E-state index in [0.717, 1.165) is 37.1 Å². The van der Waals surface area contributed by atoms with Crippen LogP contribution in [-0.2, 0) is 5.92 Å². The van der Waals surface area contributed by atoms with E-state index >= 15 is 0 Å². The standard InChI is InChI=1S/C15H21F2N/c1-11-3-4-14(9-12(11)2)15(16,17)10-13-5-7-18-8-6-13/h3-4,9,13,18H,5-8,10H2,1-2H3. The summed E-state index contributed by atoms with van der Waals surface area (Å²) in [7, 11) is 0. The number of rotatable bonds is 3. The predicted molar refractivity (Wildman–Crippen MR) is 70.0 cm³/mol. The van der Waals surface area contributed by atoms with Crippen molar-refractivity contribution in [1.82, 2.24) is 5.32 Å². The van der Waals surface area contributed by atoms with Crippen molar-refractivity contribution < 1.29 is 8.78 Å². The highest BCUT2D eigenvalue weighted by molar-refractivity contribution is 5.32. The second kappa shape index (κ2) is 5.35. The van der Waals surface area contributed by atoms with Gasteiger partial charge in [0.05, 0.1) is 0 Å². The smallest absolute Gasteiger partial charge is 0.273 e. The average molecular weight is 253 g/mol. The fourth-order valence-electron chi connectivity index (χ4n) is 2.54. The molecular formula is C15H21F2N. The molecule has 1 fully saturated rings. The molecule has 0 unspecified atom stereocenters. The highest BCUT2D eigenvalue weighted by Gasteiger charge is 2.35. The van der Waals surface area contributed by atoms with Gasteiger partial charge in [-0.05, 0) is 62.9 Å². The first-order valence-electron chi connectivity index (χ1n) is 6.65. The van der Waals surface area contributed by atoms with Crippen LogP contribution >= 0.6 is 0 Å². The Hall–Kier alpha value is -0.960. The number of hydrogen-bond donors (Lipinski definition) is 1. The summed E-state index contributed by atoms with van der Waals surface area (Å²) >= 11 is 0. The third-order valence-electron chi connectivity index (χ3n) is 3.93. The Morgan fingerprint density at radius 3 is 2.44 bits per heavy atom. The lowest BCUT2D eigenvalue weighted by atomic mass is 9.88. The van der Waals surface area contributed by atoms with E-state index < -0.39 is 5.92 Å². The fraction of sp³-hybridized carbons (Fsp3) is 0.600. The van der Waals surface area contributed by atoms with Gasteiger partial charge in [0.15, 0.2) is 0 Å². The molecule has 0 atom stereocenters. The van der Waals surface area contributed by atoms with E-state index in [-0.39, 0.29) is 17.9 Å². The molecule has 1 aliphatic heterocycles. The van der Waals surface area contributed by atoms with Crippen molar-refractivity contribution in [3.63, 3.8) is 0 Å². The van der Waals surface area contributed by atoms with Gasteiger partial charge in [-0.3, -0.25) is 0 Å². The molecule has 3 heteroatoms. The first-order valence-corrected chi connectivity index (χ1v) is 6.65. The Bertz CT molecular complexity index is 409. The molecule has 0 saturated carbocycles. The van der Waals surface area contributed by atoms with Gasteiger partial charge < -0.3 is 5.32 Å². The summed E-state index contributed by atoms with van der Waals surface area (Å²) in [5.41, 5.74) is 2.18. The zero-order valence-corrected chi connectivity index (χ0v) is 11.1. The number of hydrogen-bond acceptors (Lipinski definition) is 1. The van der Waals surface area contributed by atoms with Crippen molar-refractivity contribution in [2.24, 2.45) is 5.92 Å². The third kappa shape index (κ3) is 3.08. The van der Waals surface area contributed by atoms with Gasteiger partial charge in [-0.2, -0.15) is 0 Å². The SMILES string of the molecule is Cc1ccc(C(F)(F)CC2CCNCC2)cc1C. The molecule has 0 amide bonds. The topological polar surface area (TPSA) is 12.0 Å². The number of aryl methyl sites for hydroxylation is 2. The monoisotopic (exact) mass is 253 g/mol. The molecule has 1 aromatic carbocycles. The summed E-state index contributed by atoms with van der Waals surface area (Å²) < 4.78 is 28.5. The van der Waals surface area contributed by atoms with Crippen molar-refractivity contribution in [3.8, 4) is 0 Å². The third-order valence-corrected chi connectivity index (χ3v) is 3.93. The predicted octanol–water partition coefficient (Wildman–Crippen LogP) is 3.78. The van der Waals surface area contributed by atoms with E-state index in [1.54, 1.807) is 18.2 Å². The van der Waals surface area contributed by atoms with Gasteiger partial charge in [0.25, 0.3) is 5.92 Å². The first kappa shape index (κ1) is 13.5. The van der Waals surface area contributed by atoms with Gasteiger partial charge in [-0.15, -0.1) is 0 Å². The number of alkyl halides is 2. The van der Waals surface area contributed by atoms with E-state index in [0.29, 0.717) is 0 Å². The van der Waals surface area contributed by atoms with Crippen LogP contribution in [0.1, 0.15) is 36.0 Å². The maximum atomic E-state index is 14.2. The lowest BCUT2D eigenvalue weighted by Gasteiger charge is -2.27. The summed E-state index contributed by atoms with van der Waals surface area (Å²) in [6, 6.07) is 5.00. The van der Waals surface area contributed by atoms with Crippen molar-refractivity contribution in [1.29, 1.82) is 0 Å². The van der Waals surface area contributed by atoms with Gasteiger partial charge >= 0.3 is 0 Å². The zero-order chi connectivity index (χ0) is 13.2. The van der Waals surface area contributed by atoms with Crippen LogP contribution in [0.4, 0.5) is 8.78 Å². The van der Waals surface area contributed by atoms with E-state index in [9.17, 15) is 8.78 Å². The summed E-state index contributed by atoms with van der Waals surface area (Å²) in [4.78, 5) is 0. The first-order chi connectivity index (χ1) is 8.49. The molecule has 0 spiro atoms. The summed E-state index contributed by atoms with van der Waals surface area (Å²) in [5, 5.41) is 3.21. The minimum atomic E-state index is -2.69. The molecule has 100 valence electrons. The number of halogens is 2. The van der Waals surface area contributed by atoms with E-state index in [2.05, 4.69) is 5.32 Å². The van der Waals surface area contributed by atoms with E-state index in [1.807, 2.05) is 13.8 Å². The Morgan fingerprint density at radius 2 is 1.83 bits per heavy atom. The van der Waals surface area contributed by atoms with Crippen LogP contribution in [0, 0.1) is 19.8 Å². The normalized spacial score (nSPS) is 18.0. The summed E-state index contributed by atoms with van der Waals surface area (Å²) in [6.45, 7) is 5.57. The lowest BCUT2D eigenvalue weighted by Crippen LogP contribution is -2.30. The summed E-state index contributed by atoms with van der Waals surface area (Å²) in [6.07, 6.45) is 1.71. The molecule has 1 saturated heterocycles. The molecule has 0 bridgehead atoms. The molecule has 1 nitrogen and oxygen atoms in total. The molecule has 18 heavy (non-hydrogen) atoms. The number of benzene rings is 1. The van der Waals surface area contributed by atoms with Gasteiger partial charge in [0.1, 0.15) is 0 Å². The van der Waals surface area contributed by atoms with Crippen molar-refractivity contribution >= 4 is 0 Å². The van der Waals surface area contributed by atoms with Gasteiger partial charge in [-0.25, -0.2) is 8.78 Å². The van der Waals surface area contributed by atoms with Crippen molar-refractivity contribution in [3.05, 3.63) is 34.9 Å². The van der Waals surface area contributed by atoms with Crippen LogP contribution in [0.25, 0.3) is 0 Å². The van der Waals surface area contributed by atoms with E-state index in [4.69, 9.17) is 0 Å². The van der Waals surface area contributed by atoms with Crippen LogP contribution in [0.2, 0.25) is 0 Å². The van der Waals surface area contributed by atoms with E-state index in [1.165, 1.54) is 0 Å². The highest BCUT2D eigenvalue weighted by Crippen LogP contribution is 2.37. The second-order valence-corrected chi connectivity index (χ2v) is 5.40. The average Bonchev–Trinajstić information content (AvgIpc) is 2.33. The zero-order valence-electron chi connectivity index (χ0n) is 11.1. The molecule has 1 aromatic rings. The molecule has 0 aromatic heterocycles. The Labute approximate surface area is 108 Å². The van der Waals surface area contributed by atoms with Crippen LogP contribution in [0.3, 0.4) is 0 Å². The minimum absolute atomic E-state index is 0.0167. The Kier molecular flexibility index (Phi) is 4.00. The largest absolute Gasteiger partial charge is 0.317 e. The van der Waals surface area contributed by atoms with Gasteiger partial charge in [0.2, 0.25) is 0 Å². The molecule has 1 heterocycles. The van der Waals surface area contributed by atoms with Crippen molar-refractivity contribution in [2.75, 3.05) is 13.1 Å². The maximum absolute atomic E-state index is 14.2. The molecular weight excluding hydrogens is 232 g/mol. The second-order valence-electron chi connectivity index (χ2n) is 5.40. The van der Waals surface area contributed by atoms with Crippen LogP contribution in [0.15, 0.2) is 18.2 Å². The Balaban J connectivity index is 2.10. The minimum Gasteiger partial charge on any atom is -0.317 e. The van der Waals surface area contributed by atoms with Gasteiger partial charge in [0, 0.05) is 12.0 Å². The maximum Gasteiger partial charge on any atom is 0.273 e. The van der Waals surface area contributed by atoms with Crippen LogP contribution in [-0.4, -0.2) is 13.1 Å². The van der Waals surface area contributed by atoms with Crippen LogP contribution < -0.4 is 5.32 Å². The summed E-state index contributed by atoms with van der Waals surface area (Å²) in [5.74, 6) is -2.55. The quantitative estimate of drug-likeness (QED) is 0.864. The Morgan fingerprint density at radius 1 is 1.17 bits per heavy atom. The molecule has 0 radical (unpaired) electrons. The van der Waals surface area contributed by atoms with Crippen molar-refractivity contribution in [2.45, 2.75) is 39.0 Å². The van der Waals surface area contributed by atoms with Gasteiger partial charge in [-0.1, -0.05) is 12.1 Å². The lowest BCUT2D eigenvalue weighted by molar-refractivity contribution is -0.0326. The highest BCUT2D eigenvalue weighted by atomic mass is 19.3. The number of nitrogens with one attached hydrogen (secondary N) is 1. The molecule has 2 rings (SSSR count). The number of piperidine rings is 1. The molecule has 0 aliphatic carbocycles. The fourth-order valence-corrected chi connectivity index (χ4v) is 2.54. The molecule has 1 N–H and O–H groups in total.